The number of aromatic nitrogens is 4. The van der Waals surface area contributed by atoms with Crippen LogP contribution in [0.4, 0.5) is 5.95 Å². The molecule has 4 rings (SSSR count). The largest absolute Gasteiger partial charge is 0.341 e. The molecular formula is C16H19N5. The second-order valence-corrected chi connectivity index (χ2v) is 5.72. The van der Waals surface area contributed by atoms with Crippen LogP contribution in [0.2, 0.25) is 0 Å². The van der Waals surface area contributed by atoms with E-state index in [1.165, 1.54) is 25.7 Å². The summed E-state index contributed by atoms with van der Waals surface area (Å²) in [4.78, 5) is 11.8. The van der Waals surface area contributed by atoms with Crippen molar-refractivity contribution in [2.24, 2.45) is 0 Å². The molecule has 0 aliphatic carbocycles. The fraction of sp³-hybridized carbons (Fsp3) is 0.438. The molecule has 1 aromatic carbocycles. The predicted octanol–water partition coefficient (Wildman–Crippen LogP) is 2.97. The Morgan fingerprint density at radius 3 is 2.52 bits per heavy atom. The molecule has 3 aromatic rings. The molecule has 0 atom stereocenters. The van der Waals surface area contributed by atoms with E-state index in [0.717, 1.165) is 41.4 Å². The van der Waals surface area contributed by atoms with Crippen molar-refractivity contribution in [1.29, 1.82) is 0 Å². The first kappa shape index (κ1) is 12.6. The Balaban J connectivity index is 1.96. The average Bonchev–Trinajstić information content (AvgIpc) is 2.72. The van der Waals surface area contributed by atoms with E-state index in [-0.39, 0.29) is 0 Å². The zero-order valence-electron chi connectivity index (χ0n) is 12.3. The third-order valence-electron chi connectivity index (χ3n) is 4.16. The number of anilines is 1. The lowest BCUT2D eigenvalue weighted by Gasteiger charge is -2.22. The Hall–Kier alpha value is -2.17. The SMILES string of the molecule is Cc1nc2c3ccccc3nc(N3CCCCCC3)n2n1. The van der Waals surface area contributed by atoms with Gasteiger partial charge in [-0.1, -0.05) is 25.0 Å². The number of rotatable bonds is 1. The average molecular weight is 281 g/mol. The van der Waals surface area contributed by atoms with Crippen LogP contribution in [0.1, 0.15) is 31.5 Å². The normalized spacial score (nSPS) is 16.5. The van der Waals surface area contributed by atoms with Gasteiger partial charge in [-0.3, -0.25) is 0 Å². The maximum absolute atomic E-state index is 4.87. The molecule has 0 N–H and O–H groups in total. The van der Waals surface area contributed by atoms with Gasteiger partial charge >= 0.3 is 0 Å². The van der Waals surface area contributed by atoms with Crippen LogP contribution in [0.25, 0.3) is 16.6 Å². The van der Waals surface area contributed by atoms with Crippen molar-refractivity contribution < 1.29 is 0 Å². The van der Waals surface area contributed by atoms with Crippen LogP contribution < -0.4 is 4.90 Å². The van der Waals surface area contributed by atoms with E-state index in [1.54, 1.807) is 0 Å². The van der Waals surface area contributed by atoms with Gasteiger partial charge in [0, 0.05) is 18.5 Å². The summed E-state index contributed by atoms with van der Waals surface area (Å²) < 4.78 is 1.92. The molecule has 1 fully saturated rings. The topological polar surface area (TPSA) is 46.3 Å². The third kappa shape index (κ3) is 2.13. The molecule has 5 nitrogen and oxygen atoms in total. The van der Waals surface area contributed by atoms with Gasteiger partial charge in [-0.25, -0.2) is 9.97 Å². The Kier molecular flexibility index (Phi) is 2.98. The molecule has 0 unspecified atom stereocenters. The van der Waals surface area contributed by atoms with E-state index < -0.39 is 0 Å². The third-order valence-corrected chi connectivity index (χ3v) is 4.16. The van der Waals surface area contributed by atoms with Crippen LogP contribution in [0.3, 0.4) is 0 Å². The Bertz CT molecular complexity index is 784. The molecule has 1 saturated heterocycles. The van der Waals surface area contributed by atoms with Crippen molar-refractivity contribution in [3.05, 3.63) is 30.1 Å². The minimum absolute atomic E-state index is 0.796. The number of para-hydroxylation sites is 1. The molecule has 0 saturated carbocycles. The number of aryl methyl sites for hydroxylation is 1. The van der Waals surface area contributed by atoms with Crippen LogP contribution in [0.5, 0.6) is 0 Å². The van der Waals surface area contributed by atoms with Crippen molar-refractivity contribution in [2.75, 3.05) is 18.0 Å². The van der Waals surface area contributed by atoms with Crippen LogP contribution in [0, 0.1) is 6.92 Å². The number of hydrogen-bond donors (Lipinski definition) is 0. The Morgan fingerprint density at radius 1 is 0.952 bits per heavy atom. The standard InChI is InChI=1S/C16H19N5/c1-12-17-15-13-8-4-5-9-14(13)18-16(21(15)19-12)20-10-6-2-3-7-11-20/h4-5,8-9H,2-3,6-7,10-11H2,1H3. The number of fused-ring (bicyclic) bond motifs is 3. The predicted molar refractivity (Wildman–Crippen MR) is 83.7 cm³/mol. The van der Waals surface area contributed by atoms with E-state index >= 15 is 0 Å². The molecule has 2 aromatic heterocycles. The highest BCUT2D eigenvalue weighted by Crippen LogP contribution is 2.24. The van der Waals surface area contributed by atoms with Crippen molar-refractivity contribution in [2.45, 2.75) is 32.6 Å². The van der Waals surface area contributed by atoms with E-state index in [0.29, 0.717) is 0 Å². The number of benzene rings is 1. The van der Waals surface area contributed by atoms with Gasteiger partial charge in [0.2, 0.25) is 5.95 Å². The van der Waals surface area contributed by atoms with Crippen molar-refractivity contribution >= 4 is 22.5 Å². The summed E-state index contributed by atoms with van der Waals surface area (Å²) in [6, 6.07) is 8.18. The Labute approximate surface area is 123 Å². The summed E-state index contributed by atoms with van der Waals surface area (Å²) in [5.74, 6) is 1.73. The van der Waals surface area contributed by atoms with Gasteiger partial charge in [0.15, 0.2) is 5.65 Å². The Morgan fingerprint density at radius 2 is 1.71 bits per heavy atom. The van der Waals surface area contributed by atoms with Crippen LogP contribution in [0.15, 0.2) is 24.3 Å². The monoisotopic (exact) mass is 281 g/mol. The molecule has 1 aliphatic rings. The van der Waals surface area contributed by atoms with Gasteiger partial charge in [0.05, 0.1) is 5.52 Å². The van der Waals surface area contributed by atoms with Crippen molar-refractivity contribution in [1.82, 2.24) is 19.6 Å². The summed E-state index contributed by atoms with van der Waals surface area (Å²) in [5, 5.41) is 5.64. The molecule has 108 valence electrons. The lowest BCUT2D eigenvalue weighted by molar-refractivity contribution is 0.726. The van der Waals surface area contributed by atoms with Gasteiger partial charge < -0.3 is 4.90 Å². The molecule has 5 heteroatoms. The molecule has 0 bridgehead atoms. The van der Waals surface area contributed by atoms with Gasteiger partial charge in [-0.2, -0.15) is 4.52 Å². The summed E-state index contributed by atoms with van der Waals surface area (Å²) in [5.41, 5.74) is 1.91. The second-order valence-electron chi connectivity index (χ2n) is 5.72. The van der Waals surface area contributed by atoms with Gasteiger partial charge in [0.1, 0.15) is 5.82 Å². The molecule has 0 amide bonds. The van der Waals surface area contributed by atoms with Gasteiger partial charge in [-0.15, -0.1) is 5.10 Å². The van der Waals surface area contributed by atoms with Crippen LogP contribution in [-0.4, -0.2) is 32.7 Å². The first-order valence-corrected chi connectivity index (χ1v) is 7.70. The summed E-state index contributed by atoms with van der Waals surface area (Å²) >= 11 is 0. The van der Waals surface area contributed by atoms with E-state index in [9.17, 15) is 0 Å². The molecule has 0 spiro atoms. The quantitative estimate of drug-likeness (QED) is 0.688. The molecule has 0 radical (unpaired) electrons. The minimum Gasteiger partial charge on any atom is -0.341 e. The summed E-state index contributed by atoms with van der Waals surface area (Å²) in [6.07, 6.45) is 5.07. The van der Waals surface area contributed by atoms with Gasteiger partial charge in [-0.05, 0) is 31.9 Å². The van der Waals surface area contributed by atoms with E-state index in [4.69, 9.17) is 4.98 Å². The minimum atomic E-state index is 0.796. The zero-order valence-corrected chi connectivity index (χ0v) is 12.3. The van der Waals surface area contributed by atoms with Crippen LogP contribution in [-0.2, 0) is 0 Å². The maximum Gasteiger partial charge on any atom is 0.229 e. The molecular weight excluding hydrogens is 262 g/mol. The highest BCUT2D eigenvalue weighted by atomic mass is 15.4. The summed E-state index contributed by atoms with van der Waals surface area (Å²) in [6.45, 7) is 4.05. The summed E-state index contributed by atoms with van der Waals surface area (Å²) in [7, 11) is 0. The number of nitrogens with zero attached hydrogens (tertiary/aromatic N) is 5. The van der Waals surface area contributed by atoms with E-state index in [2.05, 4.69) is 27.1 Å². The molecule has 21 heavy (non-hydrogen) atoms. The molecule has 1 aliphatic heterocycles. The second kappa shape index (κ2) is 4.98. The highest BCUT2D eigenvalue weighted by molar-refractivity contribution is 5.92. The van der Waals surface area contributed by atoms with Crippen molar-refractivity contribution in [3.63, 3.8) is 0 Å². The number of hydrogen-bond acceptors (Lipinski definition) is 4. The van der Waals surface area contributed by atoms with E-state index in [1.807, 2.05) is 23.6 Å². The maximum atomic E-state index is 4.87. The highest BCUT2D eigenvalue weighted by Gasteiger charge is 2.18. The fourth-order valence-electron chi connectivity index (χ4n) is 3.12. The smallest absolute Gasteiger partial charge is 0.229 e. The lowest BCUT2D eigenvalue weighted by Crippen LogP contribution is -2.27. The van der Waals surface area contributed by atoms with Crippen molar-refractivity contribution in [3.8, 4) is 0 Å². The van der Waals surface area contributed by atoms with Crippen LogP contribution >= 0.6 is 0 Å². The lowest BCUT2D eigenvalue weighted by atomic mass is 10.2. The van der Waals surface area contributed by atoms with Gasteiger partial charge in [0.25, 0.3) is 0 Å². The fourth-order valence-corrected chi connectivity index (χ4v) is 3.12. The first-order valence-electron chi connectivity index (χ1n) is 7.70. The first-order chi connectivity index (χ1) is 10.3. The molecule has 3 heterocycles. The zero-order chi connectivity index (χ0) is 14.2.